The van der Waals surface area contributed by atoms with Gasteiger partial charge in [-0.25, -0.2) is 0 Å². The molecule has 1 fully saturated rings. The van der Waals surface area contributed by atoms with Crippen LogP contribution in [0.1, 0.15) is 33.6 Å². The summed E-state index contributed by atoms with van der Waals surface area (Å²) in [7, 11) is 0. The molecule has 1 saturated heterocycles. The summed E-state index contributed by atoms with van der Waals surface area (Å²) < 4.78 is 0. The highest BCUT2D eigenvalue weighted by molar-refractivity contribution is 4.74. The summed E-state index contributed by atoms with van der Waals surface area (Å²) in [6, 6.07) is 0. The van der Waals surface area contributed by atoms with Crippen molar-refractivity contribution in [1.82, 2.24) is 9.80 Å². The van der Waals surface area contributed by atoms with E-state index in [2.05, 4.69) is 23.6 Å². The lowest BCUT2D eigenvalue weighted by atomic mass is 10.1. The number of hydrogen-bond acceptors (Lipinski definition) is 3. The van der Waals surface area contributed by atoms with Crippen molar-refractivity contribution in [1.29, 1.82) is 0 Å². The molecule has 0 amide bonds. The predicted molar refractivity (Wildman–Crippen MR) is 68.6 cm³/mol. The van der Waals surface area contributed by atoms with E-state index in [1.54, 1.807) is 0 Å². The van der Waals surface area contributed by atoms with E-state index in [4.69, 9.17) is 0 Å². The number of β-amino-alcohol motifs (C(OH)–C–C–N with tert-alkyl or cyclic N) is 1. The average molecular weight is 228 g/mol. The summed E-state index contributed by atoms with van der Waals surface area (Å²) in [5.41, 5.74) is 0. The summed E-state index contributed by atoms with van der Waals surface area (Å²) in [4.78, 5) is 4.94. The third-order valence-electron chi connectivity index (χ3n) is 3.43. The lowest BCUT2D eigenvalue weighted by molar-refractivity contribution is 0.0696. The Morgan fingerprint density at radius 3 is 2.12 bits per heavy atom. The maximum Gasteiger partial charge on any atom is 0.0664 e. The van der Waals surface area contributed by atoms with Crippen LogP contribution in [-0.2, 0) is 0 Å². The Labute approximate surface area is 100 Å². The van der Waals surface area contributed by atoms with E-state index in [1.165, 1.54) is 26.1 Å². The standard InChI is InChI=1S/C13H28N2O/c1-4-13(16)11-15-9-7-14(8-10-15)6-5-12(2)3/h12-13,16H,4-11H2,1-3H3. The molecule has 1 unspecified atom stereocenters. The van der Waals surface area contributed by atoms with Crippen molar-refractivity contribution in [2.75, 3.05) is 39.3 Å². The van der Waals surface area contributed by atoms with Crippen LogP contribution in [0.4, 0.5) is 0 Å². The largest absolute Gasteiger partial charge is 0.392 e. The van der Waals surface area contributed by atoms with Gasteiger partial charge in [0.1, 0.15) is 0 Å². The molecule has 0 saturated carbocycles. The Kier molecular flexibility index (Phi) is 6.32. The van der Waals surface area contributed by atoms with Crippen LogP contribution in [0.15, 0.2) is 0 Å². The van der Waals surface area contributed by atoms with Gasteiger partial charge in [0.25, 0.3) is 0 Å². The first-order valence-corrected chi connectivity index (χ1v) is 6.74. The molecule has 0 aromatic rings. The molecule has 96 valence electrons. The van der Waals surface area contributed by atoms with E-state index in [0.717, 1.165) is 32.0 Å². The Morgan fingerprint density at radius 1 is 1.06 bits per heavy atom. The number of hydrogen-bond donors (Lipinski definition) is 1. The maximum atomic E-state index is 9.60. The first-order valence-electron chi connectivity index (χ1n) is 6.74. The lowest BCUT2D eigenvalue weighted by Gasteiger charge is -2.35. The van der Waals surface area contributed by atoms with Gasteiger partial charge in [-0.15, -0.1) is 0 Å². The van der Waals surface area contributed by atoms with Gasteiger partial charge < -0.3 is 10.0 Å². The van der Waals surface area contributed by atoms with E-state index >= 15 is 0 Å². The molecule has 3 heteroatoms. The Balaban J connectivity index is 2.13. The molecule has 0 radical (unpaired) electrons. The third-order valence-corrected chi connectivity index (χ3v) is 3.43. The number of rotatable bonds is 6. The Bertz CT molecular complexity index is 177. The zero-order valence-electron chi connectivity index (χ0n) is 11.2. The number of aliphatic hydroxyl groups is 1. The van der Waals surface area contributed by atoms with Gasteiger partial charge >= 0.3 is 0 Å². The molecule has 1 aliphatic rings. The van der Waals surface area contributed by atoms with Gasteiger partial charge in [-0.3, -0.25) is 4.90 Å². The molecule has 0 bridgehead atoms. The molecule has 0 aromatic heterocycles. The minimum Gasteiger partial charge on any atom is -0.392 e. The minimum atomic E-state index is -0.137. The molecule has 3 nitrogen and oxygen atoms in total. The second kappa shape index (κ2) is 7.25. The van der Waals surface area contributed by atoms with Crippen molar-refractivity contribution in [3.05, 3.63) is 0 Å². The van der Waals surface area contributed by atoms with Gasteiger partial charge in [-0.1, -0.05) is 20.8 Å². The highest BCUT2D eigenvalue weighted by Gasteiger charge is 2.18. The van der Waals surface area contributed by atoms with Crippen LogP contribution in [0, 0.1) is 5.92 Å². The van der Waals surface area contributed by atoms with Gasteiger partial charge in [-0.05, 0) is 25.3 Å². The fourth-order valence-electron chi connectivity index (χ4n) is 2.06. The summed E-state index contributed by atoms with van der Waals surface area (Å²) in [5, 5.41) is 9.60. The van der Waals surface area contributed by atoms with E-state index in [9.17, 15) is 5.11 Å². The maximum absolute atomic E-state index is 9.60. The van der Waals surface area contributed by atoms with Crippen LogP contribution in [-0.4, -0.2) is 60.3 Å². The third kappa shape index (κ3) is 5.28. The van der Waals surface area contributed by atoms with E-state index in [0.29, 0.717) is 0 Å². The average Bonchev–Trinajstić information content (AvgIpc) is 2.28. The first-order chi connectivity index (χ1) is 7.61. The van der Waals surface area contributed by atoms with Crippen LogP contribution in [0.2, 0.25) is 0 Å². The molecule has 1 rings (SSSR count). The van der Waals surface area contributed by atoms with Gasteiger partial charge in [0.2, 0.25) is 0 Å². The molecule has 0 spiro atoms. The smallest absolute Gasteiger partial charge is 0.0664 e. The van der Waals surface area contributed by atoms with Gasteiger partial charge in [0.15, 0.2) is 0 Å². The molecule has 16 heavy (non-hydrogen) atoms. The van der Waals surface area contributed by atoms with Crippen molar-refractivity contribution in [2.24, 2.45) is 5.92 Å². The van der Waals surface area contributed by atoms with Crippen molar-refractivity contribution in [3.63, 3.8) is 0 Å². The SMILES string of the molecule is CCC(O)CN1CCN(CCC(C)C)CC1. The zero-order chi connectivity index (χ0) is 12.0. The van der Waals surface area contributed by atoms with Crippen molar-refractivity contribution < 1.29 is 5.11 Å². The summed E-state index contributed by atoms with van der Waals surface area (Å²) in [6.07, 6.45) is 2.03. The quantitative estimate of drug-likeness (QED) is 0.745. The Morgan fingerprint density at radius 2 is 1.62 bits per heavy atom. The van der Waals surface area contributed by atoms with Crippen molar-refractivity contribution >= 4 is 0 Å². The number of aliphatic hydroxyl groups excluding tert-OH is 1. The molecule has 0 aliphatic carbocycles. The summed E-state index contributed by atoms with van der Waals surface area (Å²) in [6.45, 7) is 13.3. The molecule has 1 heterocycles. The van der Waals surface area contributed by atoms with Crippen LogP contribution in [0.25, 0.3) is 0 Å². The van der Waals surface area contributed by atoms with Crippen LogP contribution >= 0.6 is 0 Å². The van der Waals surface area contributed by atoms with Crippen molar-refractivity contribution in [3.8, 4) is 0 Å². The molecule has 1 N–H and O–H groups in total. The minimum absolute atomic E-state index is 0.137. The summed E-state index contributed by atoms with van der Waals surface area (Å²) >= 11 is 0. The Hall–Kier alpha value is -0.120. The van der Waals surface area contributed by atoms with Crippen LogP contribution in [0.3, 0.4) is 0 Å². The van der Waals surface area contributed by atoms with Crippen LogP contribution in [0.5, 0.6) is 0 Å². The molecule has 1 atom stereocenters. The fourth-order valence-corrected chi connectivity index (χ4v) is 2.06. The fraction of sp³-hybridized carbons (Fsp3) is 1.00. The summed E-state index contributed by atoms with van der Waals surface area (Å²) in [5.74, 6) is 0.806. The first kappa shape index (κ1) is 13.9. The molecule has 0 aromatic carbocycles. The van der Waals surface area contributed by atoms with Crippen molar-refractivity contribution in [2.45, 2.75) is 39.7 Å². The second-order valence-corrected chi connectivity index (χ2v) is 5.39. The molecule has 1 aliphatic heterocycles. The van der Waals surface area contributed by atoms with Gasteiger partial charge in [0, 0.05) is 32.7 Å². The molecular formula is C13H28N2O. The van der Waals surface area contributed by atoms with Gasteiger partial charge in [-0.2, -0.15) is 0 Å². The second-order valence-electron chi connectivity index (χ2n) is 5.39. The lowest BCUT2D eigenvalue weighted by Crippen LogP contribution is -2.48. The molecular weight excluding hydrogens is 200 g/mol. The van der Waals surface area contributed by atoms with E-state index in [1.807, 2.05) is 6.92 Å². The normalized spacial score (nSPS) is 21.6. The monoisotopic (exact) mass is 228 g/mol. The topological polar surface area (TPSA) is 26.7 Å². The van der Waals surface area contributed by atoms with E-state index < -0.39 is 0 Å². The van der Waals surface area contributed by atoms with Crippen LogP contribution < -0.4 is 0 Å². The highest BCUT2D eigenvalue weighted by Crippen LogP contribution is 2.07. The van der Waals surface area contributed by atoms with E-state index in [-0.39, 0.29) is 6.10 Å². The zero-order valence-corrected chi connectivity index (χ0v) is 11.2. The van der Waals surface area contributed by atoms with Gasteiger partial charge in [0.05, 0.1) is 6.10 Å². The number of piperazine rings is 1. The number of nitrogens with zero attached hydrogens (tertiary/aromatic N) is 2. The highest BCUT2D eigenvalue weighted by atomic mass is 16.3. The predicted octanol–water partition coefficient (Wildman–Crippen LogP) is 1.42.